The van der Waals surface area contributed by atoms with Crippen LogP contribution in [-0.4, -0.2) is 117 Å². The van der Waals surface area contributed by atoms with E-state index in [0.29, 0.717) is 12.0 Å². The van der Waals surface area contributed by atoms with E-state index >= 15 is 0 Å². The number of aryl methyl sites for hydroxylation is 1. The lowest BCUT2D eigenvalue weighted by molar-refractivity contribution is -0.414. The fourth-order valence-electron chi connectivity index (χ4n) is 10.3. The predicted octanol–water partition coefficient (Wildman–Crippen LogP) is 5.31. The summed E-state index contributed by atoms with van der Waals surface area (Å²) in [4.78, 5) is 39.0. The minimum absolute atomic E-state index is 0.0417. The third-order valence-corrected chi connectivity index (χ3v) is 13.8. The number of ether oxygens (including phenoxy) is 6. The molecule has 0 radical (unpaired) electrons. The summed E-state index contributed by atoms with van der Waals surface area (Å²) in [6.07, 6.45) is -2.84. The van der Waals surface area contributed by atoms with E-state index in [1.54, 1.807) is 60.6 Å². The van der Waals surface area contributed by atoms with E-state index in [1.807, 2.05) is 20.8 Å². The number of hydrogen-bond donors (Lipinski definition) is 5. The quantitative estimate of drug-likeness (QED) is 0.126. The maximum Gasteiger partial charge on any atom is 0.339 e. The van der Waals surface area contributed by atoms with Crippen LogP contribution >= 0.6 is 11.6 Å². The summed E-state index contributed by atoms with van der Waals surface area (Å²) >= 11 is 6.50. The number of methoxy groups -OCH3 is 1. The lowest BCUT2D eigenvalue weighted by atomic mass is 9.74. The molecule has 3 saturated heterocycles. The van der Waals surface area contributed by atoms with Gasteiger partial charge in [0.25, 0.3) is 0 Å². The number of aromatic hydroxyl groups is 1. The van der Waals surface area contributed by atoms with Crippen molar-refractivity contribution in [1.82, 2.24) is 0 Å². The van der Waals surface area contributed by atoms with E-state index in [0.717, 1.165) is 0 Å². The second-order valence-electron chi connectivity index (χ2n) is 17.6. The molecule has 15 heteroatoms. The van der Waals surface area contributed by atoms with E-state index in [4.69, 9.17) is 40.0 Å². The summed E-state index contributed by atoms with van der Waals surface area (Å²) in [5.41, 5.74) is -0.978. The Morgan fingerprint density at radius 3 is 2.33 bits per heavy atom. The number of carboxylic acid groups (broad SMARTS) is 1. The van der Waals surface area contributed by atoms with Crippen molar-refractivity contribution >= 4 is 29.3 Å². The summed E-state index contributed by atoms with van der Waals surface area (Å²) < 4.78 is 37.8. The van der Waals surface area contributed by atoms with Crippen LogP contribution in [0.2, 0.25) is 5.02 Å². The molecule has 0 aliphatic carbocycles. The van der Waals surface area contributed by atoms with E-state index < -0.39 is 101 Å². The highest BCUT2D eigenvalue weighted by atomic mass is 35.5. The molecule has 1 aromatic carbocycles. The second kappa shape index (κ2) is 17.4. The molecule has 4 aliphatic rings. The van der Waals surface area contributed by atoms with Gasteiger partial charge >= 0.3 is 11.9 Å². The number of phenols is 1. The molecule has 5 rings (SSSR count). The molecule has 14 nitrogen and oxygen atoms in total. The molecular weight excluding hydrogens is 776 g/mol. The van der Waals surface area contributed by atoms with Crippen molar-refractivity contribution in [2.24, 2.45) is 35.5 Å². The molecule has 4 aliphatic heterocycles. The third kappa shape index (κ3) is 7.98. The Bertz CT molecular complexity index is 1740. The Balaban J connectivity index is 1.35. The molecule has 0 amide bonds. The number of ketones is 1. The van der Waals surface area contributed by atoms with E-state index in [2.05, 4.69) is 0 Å². The van der Waals surface area contributed by atoms with Gasteiger partial charge in [0.1, 0.15) is 28.8 Å². The molecular formula is C43H63ClO14. The molecule has 58 heavy (non-hydrogen) atoms. The van der Waals surface area contributed by atoms with Gasteiger partial charge < -0.3 is 54.0 Å². The largest absolute Gasteiger partial charge is 0.507 e. The molecule has 1 aromatic rings. The summed E-state index contributed by atoms with van der Waals surface area (Å²) in [7, 11) is 1.51. The van der Waals surface area contributed by atoms with Crippen LogP contribution in [0.4, 0.5) is 0 Å². The Hall–Kier alpha value is -2.66. The van der Waals surface area contributed by atoms with Gasteiger partial charge in [-0.05, 0) is 80.7 Å². The smallest absolute Gasteiger partial charge is 0.339 e. The summed E-state index contributed by atoms with van der Waals surface area (Å²) in [6, 6.07) is 1.52. The van der Waals surface area contributed by atoms with Crippen molar-refractivity contribution in [3.8, 4) is 5.75 Å². The average Bonchev–Trinajstić information content (AvgIpc) is 3.66. The van der Waals surface area contributed by atoms with Gasteiger partial charge in [-0.15, -0.1) is 0 Å². The highest BCUT2D eigenvalue weighted by Crippen LogP contribution is 2.56. The number of rotatable bonds is 13. The van der Waals surface area contributed by atoms with E-state index in [1.165, 1.54) is 13.2 Å². The number of carboxylic acids is 1. The molecule has 3 unspecified atom stereocenters. The van der Waals surface area contributed by atoms with Gasteiger partial charge in [-0.25, -0.2) is 9.59 Å². The van der Waals surface area contributed by atoms with Gasteiger partial charge in [0.05, 0.1) is 37.1 Å². The van der Waals surface area contributed by atoms with Crippen molar-refractivity contribution in [3.05, 3.63) is 39.9 Å². The van der Waals surface area contributed by atoms with Crippen molar-refractivity contribution in [3.63, 3.8) is 0 Å². The zero-order valence-electron chi connectivity index (χ0n) is 35.4. The highest BCUT2D eigenvalue weighted by molar-refractivity contribution is 6.32. The lowest BCUT2D eigenvalue weighted by Gasteiger charge is -2.54. The Morgan fingerprint density at radius 2 is 1.72 bits per heavy atom. The van der Waals surface area contributed by atoms with E-state index in [9.17, 15) is 39.9 Å². The molecule has 0 aromatic heterocycles. The first-order chi connectivity index (χ1) is 27.0. The normalized spacial score (nSPS) is 38.7. The van der Waals surface area contributed by atoms with Crippen LogP contribution in [0.5, 0.6) is 5.75 Å². The van der Waals surface area contributed by atoms with Crippen LogP contribution in [0.15, 0.2) is 18.2 Å². The Kier molecular flexibility index (Phi) is 13.9. The van der Waals surface area contributed by atoms with Crippen molar-refractivity contribution in [1.29, 1.82) is 0 Å². The lowest BCUT2D eigenvalue weighted by Crippen LogP contribution is -2.64. The monoisotopic (exact) mass is 838 g/mol. The maximum absolute atomic E-state index is 14.3. The molecule has 2 spiro atoms. The van der Waals surface area contributed by atoms with Crippen LogP contribution in [0.1, 0.15) is 109 Å². The van der Waals surface area contributed by atoms with Crippen LogP contribution in [-0.2, 0) is 38.0 Å². The predicted molar refractivity (Wildman–Crippen MR) is 211 cm³/mol. The molecule has 5 N–H and O–H groups in total. The molecule has 326 valence electrons. The number of halogens is 1. The Labute approximate surface area is 346 Å². The Morgan fingerprint density at radius 1 is 1.07 bits per heavy atom. The fourth-order valence-corrected chi connectivity index (χ4v) is 10.7. The topological polar surface area (TPSA) is 208 Å². The molecule has 0 bridgehead atoms. The van der Waals surface area contributed by atoms with Gasteiger partial charge in [-0.2, -0.15) is 0 Å². The maximum atomic E-state index is 14.3. The van der Waals surface area contributed by atoms with Gasteiger partial charge in [0.2, 0.25) is 5.79 Å². The number of hydrogen-bond acceptors (Lipinski definition) is 13. The third-order valence-electron chi connectivity index (χ3n) is 13.5. The zero-order valence-corrected chi connectivity index (χ0v) is 36.2. The van der Waals surface area contributed by atoms with Gasteiger partial charge in [-0.3, -0.25) is 4.79 Å². The van der Waals surface area contributed by atoms with Crippen LogP contribution in [0, 0.1) is 42.4 Å². The first-order valence-electron chi connectivity index (χ1n) is 20.5. The molecule has 0 saturated carbocycles. The van der Waals surface area contributed by atoms with Crippen LogP contribution in [0.3, 0.4) is 0 Å². The number of aromatic carboxylic acids is 1. The SMILES string of the molecule is CCOC(=O)C1O[C@@H]([C@@]2(C)OC3(O[C@]4(C=C[C@H]3O)O[C@H]([C@@H](C)C(=O)[C@@H](C)[C@@H](O)[C@H](C)C[C@H](C)c3c(Cl)cc(C)c(O)c3C(=O)O)[C@@H](C)C[C@H]4C)C(C)[C@H]2OC)C[C@H]1O. The van der Waals surface area contributed by atoms with Gasteiger partial charge in [0, 0.05) is 42.2 Å². The molecule has 4 heterocycles. The van der Waals surface area contributed by atoms with E-state index in [-0.39, 0.29) is 59.0 Å². The van der Waals surface area contributed by atoms with Gasteiger partial charge in [0.15, 0.2) is 11.9 Å². The van der Waals surface area contributed by atoms with Crippen molar-refractivity contribution in [2.45, 2.75) is 154 Å². The summed E-state index contributed by atoms with van der Waals surface area (Å²) in [6.45, 7) is 17.9. The second-order valence-corrected chi connectivity index (χ2v) is 18.0. The number of aliphatic hydroxyl groups excluding tert-OH is 3. The summed E-state index contributed by atoms with van der Waals surface area (Å²) in [5.74, 6) is -9.24. The standard InChI is InChI=1S/C43H63ClO14/c1-12-54-40(52)37-28(45)18-30(55-37)41(10)38(53-11)26(9)43(57-41)29(46)13-14-42(58-43)23(6)16-22(5)36(56-42)25(8)35(49)24(7)33(47)20(3)15-19(2)31-27(44)17-21(4)34(48)32(31)39(50)51/h13-14,17,19-20,22-26,28-30,33,36-38,45-48H,12,15-16,18H2,1-11H3,(H,50,51)/t19-,20+,22-,23+,24-,25-,26?,28+,29+,30+,33-,36-,37?,38+,41+,42-,43?/m0/s1. The number of Topliss-reactive ketones (excluding diaryl/α,β-unsaturated/α-hetero) is 1. The number of aliphatic hydroxyl groups is 3. The number of carbonyl (C=O) groups excluding carboxylic acids is 2. The van der Waals surface area contributed by atoms with Crippen molar-refractivity contribution < 1.29 is 68.3 Å². The van der Waals surface area contributed by atoms with Gasteiger partial charge in [-0.1, -0.05) is 60.1 Å². The number of carbonyl (C=O) groups is 3. The first kappa shape index (κ1) is 46.4. The minimum Gasteiger partial charge on any atom is -0.507 e. The average molecular weight is 839 g/mol. The zero-order chi connectivity index (χ0) is 43.4. The van der Waals surface area contributed by atoms with Crippen molar-refractivity contribution in [2.75, 3.05) is 13.7 Å². The fraction of sp³-hybridized carbons (Fsp3) is 0.744. The molecule has 3 fully saturated rings. The highest BCUT2D eigenvalue weighted by Gasteiger charge is 2.70. The molecule has 17 atom stereocenters. The number of benzene rings is 1. The van der Waals surface area contributed by atoms with Crippen LogP contribution in [0.25, 0.3) is 0 Å². The number of esters is 1. The minimum atomic E-state index is -1.72. The first-order valence-corrected chi connectivity index (χ1v) is 20.8. The summed E-state index contributed by atoms with van der Waals surface area (Å²) in [5, 5.41) is 54.7. The van der Waals surface area contributed by atoms with Crippen LogP contribution < -0.4 is 0 Å².